The summed E-state index contributed by atoms with van der Waals surface area (Å²) in [7, 11) is 3.13. The molecule has 1 aromatic rings. The molecule has 0 radical (unpaired) electrons. The van der Waals surface area contributed by atoms with Crippen LogP contribution >= 0.6 is 0 Å². The van der Waals surface area contributed by atoms with E-state index in [2.05, 4.69) is 37.9 Å². The molecular formula is C19H30N2O4. The molecule has 0 bridgehead atoms. The number of carbonyl (C=O) groups is 1. The van der Waals surface area contributed by atoms with Gasteiger partial charge in [-0.25, -0.2) is 0 Å². The lowest BCUT2D eigenvalue weighted by molar-refractivity contribution is -0.0948. The van der Waals surface area contributed by atoms with Gasteiger partial charge >= 0.3 is 0 Å². The normalized spacial score (nSPS) is 21.7. The highest BCUT2D eigenvalue weighted by molar-refractivity contribution is 5.94. The number of benzene rings is 1. The summed E-state index contributed by atoms with van der Waals surface area (Å²) in [6.45, 7) is 10.7. The molecule has 1 aromatic carbocycles. The second kappa shape index (κ2) is 8.06. The highest BCUT2D eigenvalue weighted by Gasteiger charge is 2.33. The van der Waals surface area contributed by atoms with Crippen molar-refractivity contribution in [3.05, 3.63) is 23.8 Å². The van der Waals surface area contributed by atoms with Crippen LogP contribution in [-0.4, -0.2) is 62.4 Å². The second-order valence-corrected chi connectivity index (χ2v) is 7.23. The molecule has 1 fully saturated rings. The van der Waals surface area contributed by atoms with E-state index in [0.717, 1.165) is 13.1 Å². The Labute approximate surface area is 150 Å². The molecule has 1 aliphatic heterocycles. The van der Waals surface area contributed by atoms with Crippen LogP contribution in [0.4, 0.5) is 0 Å². The van der Waals surface area contributed by atoms with Gasteiger partial charge in [0.2, 0.25) is 0 Å². The quantitative estimate of drug-likeness (QED) is 0.853. The highest BCUT2D eigenvalue weighted by Crippen LogP contribution is 2.27. The van der Waals surface area contributed by atoms with Crippen molar-refractivity contribution in [2.75, 3.05) is 33.9 Å². The van der Waals surface area contributed by atoms with Crippen LogP contribution in [0, 0.1) is 0 Å². The smallest absolute Gasteiger partial charge is 0.251 e. The summed E-state index contributed by atoms with van der Waals surface area (Å²) in [6.07, 6.45) is 0.397. The fraction of sp³-hybridized carbons (Fsp3) is 0.632. The molecule has 1 aliphatic rings. The first-order valence-corrected chi connectivity index (χ1v) is 8.67. The zero-order valence-electron chi connectivity index (χ0n) is 16.1. The maximum Gasteiger partial charge on any atom is 0.251 e. The van der Waals surface area contributed by atoms with Gasteiger partial charge in [0.25, 0.3) is 5.91 Å². The van der Waals surface area contributed by atoms with Crippen molar-refractivity contribution in [1.29, 1.82) is 0 Å². The van der Waals surface area contributed by atoms with Gasteiger partial charge in [0.15, 0.2) is 11.5 Å². The number of carbonyl (C=O) groups excluding carboxylic acids is 1. The van der Waals surface area contributed by atoms with Gasteiger partial charge in [-0.15, -0.1) is 0 Å². The van der Waals surface area contributed by atoms with Gasteiger partial charge in [-0.05, 0) is 45.9 Å². The number of nitrogens with zero attached hydrogens (tertiary/aromatic N) is 1. The summed E-state index contributed by atoms with van der Waals surface area (Å²) >= 11 is 0. The molecule has 1 heterocycles. The zero-order chi connectivity index (χ0) is 18.6. The van der Waals surface area contributed by atoms with E-state index in [-0.39, 0.29) is 23.7 Å². The summed E-state index contributed by atoms with van der Waals surface area (Å²) in [5.74, 6) is 1.03. The number of rotatable bonds is 6. The van der Waals surface area contributed by atoms with E-state index in [1.165, 1.54) is 0 Å². The third-order valence-electron chi connectivity index (χ3n) is 4.60. The number of morpholine rings is 1. The fourth-order valence-corrected chi connectivity index (χ4v) is 3.16. The SMILES string of the molecule is COc1ccc(C(=O)NCC(C)(C)N2C[C@@H](C)O[C@H](C)C2)cc1OC. The van der Waals surface area contributed by atoms with Crippen LogP contribution in [0.3, 0.4) is 0 Å². The maximum absolute atomic E-state index is 12.5. The van der Waals surface area contributed by atoms with Gasteiger partial charge in [-0.2, -0.15) is 0 Å². The summed E-state index contributed by atoms with van der Waals surface area (Å²) < 4.78 is 16.3. The number of ether oxygens (including phenoxy) is 3. The monoisotopic (exact) mass is 350 g/mol. The molecule has 6 nitrogen and oxygen atoms in total. The predicted molar refractivity (Wildman–Crippen MR) is 97.5 cm³/mol. The highest BCUT2D eigenvalue weighted by atomic mass is 16.5. The van der Waals surface area contributed by atoms with Gasteiger partial charge in [0, 0.05) is 30.7 Å². The Morgan fingerprint density at radius 2 is 1.80 bits per heavy atom. The first-order chi connectivity index (χ1) is 11.8. The first kappa shape index (κ1) is 19.5. The largest absolute Gasteiger partial charge is 0.493 e. The van der Waals surface area contributed by atoms with Crippen LogP contribution < -0.4 is 14.8 Å². The number of hydrogen-bond donors (Lipinski definition) is 1. The van der Waals surface area contributed by atoms with E-state index >= 15 is 0 Å². The van der Waals surface area contributed by atoms with Crippen LogP contribution in [0.15, 0.2) is 18.2 Å². The molecule has 25 heavy (non-hydrogen) atoms. The van der Waals surface area contributed by atoms with Crippen LogP contribution in [0.1, 0.15) is 38.1 Å². The molecule has 1 saturated heterocycles. The van der Waals surface area contributed by atoms with Crippen molar-refractivity contribution in [2.24, 2.45) is 0 Å². The van der Waals surface area contributed by atoms with E-state index in [4.69, 9.17) is 14.2 Å². The molecule has 0 saturated carbocycles. The Bertz CT molecular complexity index is 593. The lowest BCUT2D eigenvalue weighted by Gasteiger charge is -2.45. The zero-order valence-corrected chi connectivity index (χ0v) is 16.1. The van der Waals surface area contributed by atoms with E-state index in [9.17, 15) is 4.79 Å². The van der Waals surface area contributed by atoms with E-state index < -0.39 is 0 Å². The van der Waals surface area contributed by atoms with Crippen LogP contribution in [0.25, 0.3) is 0 Å². The molecule has 1 amide bonds. The van der Waals surface area contributed by atoms with Crippen molar-refractivity contribution < 1.29 is 19.0 Å². The number of methoxy groups -OCH3 is 2. The lowest BCUT2D eigenvalue weighted by Crippen LogP contribution is -2.58. The fourth-order valence-electron chi connectivity index (χ4n) is 3.16. The van der Waals surface area contributed by atoms with E-state index in [1.807, 2.05) is 0 Å². The van der Waals surface area contributed by atoms with Crippen LogP contribution in [-0.2, 0) is 4.74 Å². The Balaban J connectivity index is 2.01. The molecule has 2 rings (SSSR count). The molecule has 1 N–H and O–H groups in total. The third-order valence-corrected chi connectivity index (χ3v) is 4.60. The molecular weight excluding hydrogens is 320 g/mol. The molecule has 0 spiro atoms. The van der Waals surface area contributed by atoms with Crippen molar-refractivity contribution in [3.63, 3.8) is 0 Å². The standard InChI is InChI=1S/C19H30N2O4/c1-13-10-21(11-14(2)25-13)19(3,4)12-20-18(22)15-7-8-16(23-5)17(9-15)24-6/h7-9,13-14H,10-12H2,1-6H3,(H,20,22)/t13-,14-/m1/s1. The molecule has 140 valence electrons. The van der Waals surface area contributed by atoms with Gasteiger partial charge < -0.3 is 19.5 Å². The van der Waals surface area contributed by atoms with E-state index in [0.29, 0.717) is 23.6 Å². The molecule has 0 unspecified atom stereocenters. The minimum atomic E-state index is -0.154. The van der Waals surface area contributed by atoms with Gasteiger partial charge in [0.05, 0.1) is 26.4 Å². The summed E-state index contributed by atoms with van der Waals surface area (Å²) in [4.78, 5) is 14.9. The Morgan fingerprint density at radius 1 is 1.20 bits per heavy atom. The van der Waals surface area contributed by atoms with Crippen molar-refractivity contribution in [1.82, 2.24) is 10.2 Å². The van der Waals surface area contributed by atoms with Gasteiger partial charge in [-0.3, -0.25) is 9.69 Å². The number of nitrogens with one attached hydrogen (secondary N) is 1. The second-order valence-electron chi connectivity index (χ2n) is 7.23. The Kier molecular flexibility index (Phi) is 6.30. The summed E-state index contributed by atoms with van der Waals surface area (Å²) in [5.41, 5.74) is 0.399. The average molecular weight is 350 g/mol. The third kappa shape index (κ3) is 4.86. The predicted octanol–water partition coefficient (Wildman–Crippen LogP) is 2.32. The number of amides is 1. The minimum absolute atomic E-state index is 0.122. The lowest BCUT2D eigenvalue weighted by atomic mass is 10.00. The number of hydrogen-bond acceptors (Lipinski definition) is 5. The van der Waals surface area contributed by atoms with Crippen LogP contribution in [0.2, 0.25) is 0 Å². The average Bonchev–Trinajstić information content (AvgIpc) is 2.58. The van der Waals surface area contributed by atoms with Crippen molar-refractivity contribution in [3.8, 4) is 11.5 Å². The van der Waals surface area contributed by atoms with E-state index in [1.54, 1.807) is 32.4 Å². The molecule has 6 heteroatoms. The topological polar surface area (TPSA) is 60.0 Å². The Hall–Kier alpha value is -1.79. The van der Waals surface area contributed by atoms with Crippen molar-refractivity contribution in [2.45, 2.75) is 45.4 Å². The maximum atomic E-state index is 12.5. The molecule has 2 atom stereocenters. The van der Waals surface area contributed by atoms with Crippen molar-refractivity contribution >= 4 is 5.91 Å². The summed E-state index contributed by atoms with van der Waals surface area (Å²) in [5, 5.41) is 3.04. The molecule has 0 aliphatic carbocycles. The van der Waals surface area contributed by atoms with Crippen LogP contribution in [0.5, 0.6) is 11.5 Å². The van der Waals surface area contributed by atoms with Gasteiger partial charge in [-0.1, -0.05) is 0 Å². The first-order valence-electron chi connectivity index (χ1n) is 8.67. The molecule has 0 aromatic heterocycles. The Morgan fingerprint density at radius 3 is 2.36 bits per heavy atom. The van der Waals surface area contributed by atoms with Gasteiger partial charge in [0.1, 0.15) is 0 Å². The minimum Gasteiger partial charge on any atom is -0.493 e. The summed E-state index contributed by atoms with van der Waals surface area (Å²) in [6, 6.07) is 5.17.